The van der Waals surface area contributed by atoms with Crippen LogP contribution in [0.4, 0.5) is 8.78 Å². The minimum Gasteiger partial charge on any atom is -0.392 e. The van der Waals surface area contributed by atoms with Crippen LogP contribution >= 0.6 is 11.8 Å². The summed E-state index contributed by atoms with van der Waals surface area (Å²) < 4.78 is 27.0. The molecule has 3 nitrogen and oxygen atoms in total. The fourth-order valence-electron chi connectivity index (χ4n) is 1.98. The molecule has 6 heteroatoms. The summed E-state index contributed by atoms with van der Waals surface area (Å²) in [5, 5.41) is 9.61. The lowest BCUT2D eigenvalue weighted by Gasteiger charge is -2.24. The van der Waals surface area contributed by atoms with Crippen LogP contribution in [0.25, 0.3) is 0 Å². The van der Waals surface area contributed by atoms with E-state index in [9.17, 15) is 14.0 Å². The van der Waals surface area contributed by atoms with Crippen molar-refractivity contribution in [2.45, 2.75) is 5.92 Å². The summed E-state index contributed by atoms with van der Waals surface area (Å²) in [4.78, 5) is 0. The van der Waals surface area contributed by atoms with Crippen molar-refractivity contribution in [3.8, 4) is 18.4 Å². The van der Waals surface area contributed by atoms with Gasteiger partial charge in [-0.3, -0.25) is 0 Å². The molecule has 0 radical (unpaired) electrons. The van der Waals surface area contributed by atoms with Gasteiger partial charge in [-0.2, -0.15) is 5.26 Å². The molecule has 1 aliphatic rings. The number of terminal acetylenes is 1. The van der Waals surface area contributed by atoms with Crippen molar-refractivity contribution in [1.82, 2.24) is 0 Å². The van der Waals surface area contributed by atoms with Crippen LogP contribution in [0, 0.1) is 35.3 Å². The van der Waals surface area contributed by atoms with Crippen molar-refractivity contribution < 1.29 is 8.78 Å². The van der Waals surface area contributed by atoms with E-state index < -0.39 is 17.6 Å². The van der Waals surface area contributed by atoms with Crippen molar-refractivity contribution in [1.29, 1.82) is 5.26 Å². The van der Waals surface area contributed by atoms with Crippen molar-refractivity contribution in [3.05, 3.63) is 56.6 Å². The predicted molar refractivity (Wildman–Crippen MR) is 73.6 cm³/mol. The SMILES string of the molecule is C#CC1=C(N)SC(N)=C(C#N)C1c1ccc(F)cc1F. The number of benzene rings is 1. The van der Waals surface area contributed by atoms with Gasteiger partial charge in [0.2, 0.25) is 0 Å². The van der Waals surface area contributed by atoms with Crippen LogP contribution in [-0.4, -0.2) is 0 Å². The largest absolute Gasteiger partial charge is 0.392 e. The summed E-state index contributed by atoms with van der Waals surface area (Å²) in [5.41, 5.74) is 12.0. The molecule has 2 rings (SSSR count). The Hall–Kier alpha value is -2.44. The Bertz CT molecular complexity index is 687. The maximum Gasteiger partial charge on any atom is 0.130 e. The molecular formula is C14H9F2N3S. The number of rotatable bonds is 1. The minimum absolute atomic E-state index is 0.0714. The van der Waals surface area contributed by atoms with Gasteiger partial charge in [0, 0.05) is 17.2 Å². The Morgan fingerprint density at radius 2 is 1.85 bits per heavy atom. The van der Waals surface area contributed by atoms with E-state index in [2.05, 4.69) is 5.92 Å². The van der Waals surface area contributed by atoms with Crippen molar-refractivity contribution >= 4 is 11.8 Å². The lowest BCUT2D eigenvalue weighted by atomic mass is 9.85. The summed E-state index contributed by atoms with van der Waals surface area (Å²) in [6, 6.07) is 4.98. The molecule has 0 saturated heterocycles. The molecule has 1 aromatic carbocycles. The summed E-state index contributed by atoms with van der Waals surface area (Å²) in [6.07, 6.45) is 5.39. The van der Waals surface area contributed by atoms with Crippen LogP contribution in [0.5, 0.6) is 0 Å². The van der Waals surface area contributed by atoms with Gasteiger partial charge in [0.1, 0.15) is 11.6 Å². The molecule has 0 amide bonds. The average Bonchev–Trinajstić information content (AvgIpc) is 2.38. The topological polar surface area (TPSA) is 75.8 Å². The zero-order valence-electron chi connectivity index (χ0n) is 10.2. The number of nitrogens with zero attached hydrogens (tertiary/aromatic N) is 1. The number of thioether (sulfide) groups is 1. The van der Waals surface area contributed by atoms with Gasteiger partial charge in [-0.1, -0.05) is 23.7 Å². The molecule has 0 aromatic heterocycles. The first kappa shape index (κ1) is 14.0. The molecule has 0 saturated carbocycles. The van der Waals surface area contributed by atoms with E-state index in [-0.39, 0.29) is 26.8 Å². The Morgan fingerprint density at radius 1 is 1.20 bits per heavy atom. The summed E-state index contributed by atoms with van der Waals surface area (Å²) in [5.74, 6) is -0.0404. The Labute approximate surface area is 118 Å². The smallest absolute Gasteiger partial charge is 0.130 e. The number of halogens is 2. The summed E-state index contributed by atoms with van der Waals surface area (Å²) in [7, 11) is 0. The third-order valence-corrected chi connectivity index (χ3v) is 3.76. The van der Waals surface area contributed by atoms with Gasteiger partial charge < -0.3 is 11.5 Å². The summed E-state index contributed by atoms with van der Waals surface area (Å²) >= 11 is 0.967. The summed E-state index contributed by atoms with van der Waals surface area (Å²) in [6.45, 7) is 0. The van der Waals surface area contributed by atoms with Gasteiger partial charge in [-0.25, -0.2) is 8.78 Å². The molecule has 0 fully saturated rings. The zero-order chi connectivity index (χ0) is 14.9. The fourth-order valence-corrected chi connectivity index (χ4v) is 2.78. The highest BCUT2D eigenvalue weighted by Gasteiger charge is 2.31. The van der Waals surface area contributed by atoms with Crippen LogP contribution in [0.2, 0.25) is 0 Å². The van der Waals surface area contributed by atoms with Gasteiger partial charge in [0.15, 0.2) is 0 Å². The van der Waals surface area contributed by atoms with E-state index in [0.29, 0.717) is 0 Å². The molecule has 0 bridgehead atoms. The molecule has 1 atom stereocenters. The normalized spacial score (nSPS) is 18.7. The first-order chi connectivity index (χ1) is 9.49. The van der Waals surface area contributed by atoms with E-state index in [4.69, 9.17) is 17.9 Å². The molecule has 4 N–H and O–H groups in total. The van der Waals surface area contributed by atoms with E-state index in [0.717, 1.165) is 23.9 Å². The van der Waals surface area contributed by atoms with Crippen molar-refractivity contribution in [2.75, 3.05) is 0 Å². The molecule has 0 spiro atoms. The Balaban J connectivity index is 2.69. The first-order valence-corrected chi connectivity index (χ1v) is 6.30. The van der Waals surface area contributed by atoms with Gasteiger partial charge >= 0.3 is 0 Å². The second-order valence-electron chi connectivity index (χ2n) is 4.01. The highest BCUT2D eigenvalue weighted by Crippen LogP contribution is 2.43. The predicted octanol–water partition coefficient (Wildman–Crippen LogP) is 2.29. The third-order valence-electron chi connectivity index (χ3n) is 2.88. The molecule has 100 valence electrons. The van der Waals surface area contributed by atoms with Crippen molar-refractivity contribution in [3.63, 3.8) is 0 Å². The van der Waals surface area contributed by atoms with Crippen LogP contribution in [0.3, 0.4) is 0 Å². The monoisotopic (exact) mass is 289 g/mol. The van der Waals surface area contributed by atoms with Gasteiger partial charge in [0.05, 0.1) is 27.6 Å². The Morgan fingerprint density at radius 3 is 2.40 bits per heavy atom. The maximum atomic E-state index is 14.0. The quantitative estimate of drug-likeness (QED) is 0.778. The third kappa shape index (κ3) is 2.22. The number of allylic oxidation sites excluding steroid dienone is 2. The molecule has 1 aliphatic heterocycles. The molecule has 1 heterocycles. The van der Waals surface area contributed by atoms with Gasteiger partial charge in [-0.05, 0) is 6.07 Å². The minimum atomic E-state index is -0.883. The maximum absolute atomic E-state index is 14.0. The molecular weight excluding hydrogens is 280 g/mol. The molecule has 1 unspecified atom stereocenters. The van der Waals surface area contributed by atoms with E-state index in [1.165, 1.54) is 6.07 Å². The van der Waals surface area contributed by atoms with Crippen LogP contribution in [0.15, 0.2) is 39.4 Å². The number of hydrogen-bond acceptors (Lipinski definition) is 4. The van der Waals surface area contributed by atoms with E-state index in [1.807, 2.05) is 6.07 Å². The van der Waals surface area contributed by atoms with Crippen molar-refractivity contribution in [2.24, 2.45) is 11.5 Å². The zero-order valence-corrected chi connectivity index (χ0v) is 11.0. The molecule has 0 aliphatic carbocycles. The lowest BCUT2D eigenvalue weighted by Crippen LogP contribution is -2.19. The van der Waals surface area contributed by atoms with Crippen LogP contribution < -0.4 is 11.5 Å². The molecule has 20 heavy (non-hydrogen) atoms. The fraction of sp³-hybridized carbons (Fsp3) is 0.0714. The van der Waals surface area contributed by atoms with Gasteiger partial charge in [-0.15, -0.1) is 6.42 Å². The highest BCUT2D eigenvalue weighted by atomic mass is 32.2. The van der Waals surface area contributed by atoms with Crippen LogP contribution in [-0.2, 0) is 0 Å². The Kier molecular flexibility index (Phi) is 3.69. The second-order valence-corrected chi connectivity index (χ2v) is 5.10. The second kappa shape index (κ2) is 5.28. The lowest BCUT2D eigenvalue weighted by molar-refractivity contribution is 0.570. The highest BCUT2D eigenvalue weighted by molar-refractivity contribution is 8.06. The molecule has 1 aromatic rings. The van der Waals surface area contributed by atoms with E-state index >= 15 is 0 Å². The number of hydrogen-bond donors (Lipinski definition) is 2. The van der Waals surface area contributed by atoms with E-state index in [1.54, 1.807) is 0 Å². The average molecular weight is 289 g/mol. The van der Waals surface area contributed by atoms with Crippen LogP contribution in [0.1, 0.15) is 11.5 Å². The first-order valence-electron chi connectivity index (χ1n) is 5.48. The number of nitriles is 1. The standard InChI is InChI=1S/C14H9F2N3S/c1-2-8-12(9-4-3-7(15)5-11(9)16)10(6-17)14(19)20-13(8)18/h1,3-5,12H,18-19H2. The number of nitrogens with two attached hydrogens (primary N) is 2. The van der Waals surface area contributed by atoms with Gasteiger partial charge in [0.25, 0.3) is 0 Å².